The van der Waals surface area contributed by atoms with Gasteiger partial charge in [0.2, 0.25) is 11.8 Å². The fourth-order valence-corrected chi connectivity index (χ4v) is 6.39. The molecule has 0 aliphatic heterocycles. The molecule has 0 bridgehead atoms. The van der Waals surface area contributed by atoms with Crippen molar-refractivity contribution in [1.82, 2.24) is 10.2 Å². The van der Waals surface area contributed by atoms with E-state index in [9.17, 15) is 22.4 Å². The second kappa shape index (κ2) is 13.4. The Kier molecular flexibility index (Phi) is 9.88. The van der Waals surface area contributed by atoms with Crippen molar-refractivity contribution in [2.75, 3.05) is 18.0 Å². The lowest BCUT2D eigenvalue weighted by Gasteiger charge is -2.32. The minimum Gasteiger partial charge on any atom is -0.497 e. The van der Waals surface area contributed by atoms with Gasteiger partial charge in [0.25, 0.3) is 10.0 Å². The Morgan fingerprint density at radius 2 is 1.71 bits per heavy atom. The van der Waals surface area contributed by atoms with E-state index >= 15 is 0 Å². The summed E-state index contributed by atoms with van der Waals surface area (Å²) >= 11 is 6.20. The van der Waals surface area contributed by atoms with Gasteiger partial charge in [0.05, 0.1) is 17.7 Å². The highest BCUT2D eigenvalue weighted by atomic mass is 35.5. The maximum absolute atomic E-state index is 14.0. The molecule has 1 aliphatic carbocycles. The molecule has 218 valence electrons. The molecule has 1 fully saturated rings. The van der Waals surface area contributed by atoms with Crippen molar-refractivity contribution in [3.05, 3.63) is 89.2 Å². The Bertz CT molecular complexity index is 1460. The van der Waals surface area contributed by atoms with Crippen LogP contribution in [0.3, 0.4) is 0 Å². The number of carbonyl (C=O) groups excluding carboxylic acids is 2. The molecule has 3 aromatic rings. The molecule has 8 nitrogen and oxygen atoms in total. The van der Waals surface area contributed by atoms with Crippen LogP contribution < -0.4 is 14.4 Å². The third-order valence-electron chi connectivity index (χ3n) is 7.16. The predicted molar refractivity (Wildman–Crippen MR) is 156 cm³/mol. The number of nitrogens with one attached hydrogen (secondary N) is 1. The van der Waals surface area contributed by atoms with E-state index in [1.54, 1.807) is 25.1 Å². The molecule has 0 aromatic heterocycles. The zero-order valence-corrected chi connectivity index (χ0v) is 24.5. The van der Waals surface area contributed by atoms with Crippen LogP contribution in [0.4, 0.5) is 10.1 Å². The van der Waals surface area contributed by atoms with Gasteiger partial charge in [0.1, 0.15) is 24.2 Å². The first-order chi connectivity index (χ1) is 19.6. The molecule has 41 heavy (non-hydrogen) atoms. The summed E-state index contributed by atoms with van der Waals surface area (Å²) in [6.45, 7) is 0.981. The second-order valence-electron chi connectivity index (χ2n) is 9.98. The van der Waals surface area contributed by atoms with Gasteiger partial charge < -0.3 is 15.0 Å². The van der Waals surface area contributed by atoms with Crippen LogP contribution in [0.2, 0.25) is 5.02 Å². The average Bonchev–Trinajstić information content (AvgIpc) is 3.48. The monoisotopic (exact) mass is 601 g/mol. The number of hydrogen-bond acceptors (Lipinski definition) is 5. The summed E-state index contributed by atoms with van der Waals surface area (Å²) in [5.41, 5.74) is 0.777. The molecule has 3 aromatic carbocycles. The fourth-order valence-electron chi connectivity index (χ4n) is 4.80. The van der Waals surface area contributed by atoms with E-state index in [1.807, 2.05) is 0 Å². The standard InChI is InChI=1S/C30H33ClFN3O5S/c1-21(30(37)33-25-7-3-4-8-25)34(19-22-10-12-24(32)13-11-22)29(36)20-35(26-9-5-6-23(31)18-26)41(38,39)28-16-14-27(40-2)15-17-28/h5-6,9-18,21,25H,3-4,7-8,19-20H2,1-2H3,(H,33,37)/t21-/m0/s1. The van der Waals surface area contributed by atoms with Crippen LogP contribution >= 0.6 is 11.6 Å². The van der Waals surface area contributed by atoms with Crippen LogP contribution in [-0.4, -0.2) is 50.9 Å². The summed E-state index contributed by atoms with van der Waals surface area (Å²) in [4.78, 5) is 28.5. The maximum Gasteiger partial charge on any atom is 0.264 e. The summed E-state index contributed by atoms with van der Waals surface area (Å²) in [6.07, 6.45) is 3.78. The molecule has 1 aliphatic rings. The molecular formula is C30H33ClFN3O5S. The summed E-state index contributed by atoms with van der Waals surface area (Å²) in [7, 11) is -2.77. The minimum absolute atomic E-state index is 0.0235. The predicted octanol–water partition coefficient (Wildman–Crippen LogP) is 5.16. The van der Waals surface area contributed by atoms with Crippen LogP contribution in [0.25, 0.3) is 0 Å². The van der Waals surface area contributed by atoms with Crippen LogP contribution in [0.1, 0.15) is 38.2 Å². The molecule has 0 unspecified atom stereocenters. The van der Waals surface area contributed by atoms with Crippen LogP contribution in [0, 0.1) is 5.82 Å². The first kappa shape index (κ1) is 30.3. The van der Waals surface area contributed by atoms with Gasteiger partial charge >= 0.3 is 0 Å². The van der Waals surface area contributed by atoms with Gasteiger partial charge in [-0.3, -0.25) is 13.9 Å². The van der Waals surface area contributed by atoms with Gasteiger partial charge in [-0.15, -0.1) is 0 Å². The Balaban J connectivity index is 1.68. The van der Waals surface area contributed by atoms with Crippen molar-refractivity contribution in [2.45, 2.75) is 56.1 Å². The largest absolute Gasteiger partial charge is 0.497 e. The number of sulfonamides is 1. The Hall–Kier alpha value is -3.63. The summed E-state index contributed by atoms with van der Waals surface area (Å²) < 4.78 is 47.5. The number of methoxy groups -OCH3 is 1. The molecule has 0 saturated heterocycles. The molecule has 2 amide bonds. The van der Waals surface area contributed by atoms with E-state index < -0.39 is 34.3 Å². The van der Waals surface area contributed by atoms with Crippen LogP contribution in [0.15, 0.2) is 77.7 Å². The fraction of sp³-hybridized carbons (Fsp3) is 0.333. The number of hydrogen-bond donors (Lipinski definition) is 1. The quantitative estimate of drug-likeness (QED) is 0.328. The Morgan fingerprint density at radius 3 is 2.32 bits per heavy atom. The highest BCUT2D eigenvalue weighted by Gasteiger charge is 2.33. The molecule has 0 heterocycles. The van der Waals surface area contributed by atoms with E-state index in [1.165, 1.54) is 66.6 Å². The normalized spacial score (nSPS) is 14.3. The lowest BCUT2D eigenvalue weighted by molar-refractivity contribution is -0.139. The lowest BCUT2D eigenvalue weighted by atomic mass is 10.1. The zero-order valence-electron chi connectivity index (χ0n) is 22.9. The van der Waals surface area contributed by atoms with Gasteiger partial charge in [-0.25, -0.2) is 12.8 Å². The molecular weight excluding hydrogens is 569 g/mol. The summed E-state index contributed by atoms with van der Waals surface area (Å²) in [5, 5.41) is 3.30. The molecule has 4 rings (SSSR count). The number of benzene rings is 3. The number of nitrogens with zero attached hydrogens (tertiary/aromatic N) is 2. The van der Waals surface area contributed by atoms with Crippen LogP contribution in [-0.2, 0) is 26.2 Å². The Morgan fingerprint density at radius 1 is 1.05 bits per heavy atom. The number of halogens is 2. The zero-order chi connectivity index (χ0) is 29.6. The van der Waals surface area contributed by atoms with E-state index in [4.69, 9.17) is 16.3 Å². The van der Waals surface area contributed by atoms with Crippen LogP contribution in [0.5, 0.6) is 5.75 Å². The number of anilines is 1. The van der Waals surface area contributed by atoms with Crippen molar-refractivity contribution < 1.29 is 27.1 Å². The second-order valence-corrected chi connectivity index (χ2v) is 12.3. The molecule has 1 atom stereocenters. The summed E-state index contributed by atoms with van der Waals surface area (Å²) in [5.74, 6) is -0.904. The maximum atomic E-state index is 14.0. The number of amides is 2. The van der Waals surface area contributed by atoms with E-state index in [0.717, 1.165) is 30.0 Å². The molecule has 0 spiro atoms. The SMILES string of the molecule is COc1ccc(S(=O)(=O)N(CC(=O)N(Cc2ccc(F)cc2)[C@@H](C)C(=O)NC2CCCC2)c2cccc(Cl)c2)cc1. The highest BCUT2D eigenvalue weighted by Crippen LogP contribution is 2.28. The first-order valence-electron chi connectivity index (χ1n) is 13.3. The van der Waals surface area contributed by atoms with Gasteiger partial charge in [-0.2, -0.15) is 0 Å². The van der Waals surface area contributed by atoms with Gasteiger partial charge in [-0.05, 0) is 79.9 Å². The van der Waals surface area contributed by atoms with Crippen molar-refractivity contribution in [2.24, 2.45) is 0 Å². The topological polar surface area (TPSA) is 96.0 Å². The average molecular weight is 602 g/mol. The lowest BCUT2D eigenvalue weighted by Crippen LogP contribution is -2.52. The third kappa shape index (κ3) is 7.56. The number of carbonyl (C=O) groups is 2. The van der Waals surface area contributed by atoms with E-state index in [-0.39, 0.29) is 34.1 Å². The number of ether oxygens (including phenoxy) is 1. The molecule has 0 radical (unpaired) electrons. The van der Waals surface area contributed by atoms with E-state index in [2.05, 4.69) is 5.32 Å². The third-order valence-corrected chi connectivity index (χ3v) is 9.18. The first-order valence-corrected chi connectivity index (χ1v) is 15.2. The van der Waals surface area contributed by atoms with Gasteiger partial charge in [-0.1, -0.05) is 42.6 Å². The van der Waals surface area contributed by atoms with Crippen molar-refractivity contribution >= 4 is 39.1 Å². The highest BCUT2D eigenvalue weighted by molar-refractivity contribution is 7.92. The molecule has 1 saturated carbocycles. The van der Waals surface area contributed by atoms with Crippen molar-refractivity contribution in [1.29, 1.82) is 0 Å². The summed E-state index contributed by atoms with van der Waals surface area (Å²) in [6, 6.07) is 16.7. The van der Waals surface area contributed by atoms with E-state index in [0.29, 0.717) is 11.3 Å². The number of rotatable bonds is 11. The minimum atomic E-state index is -4.25. The smallest absolute Gasteiger partial charge is 0.264 e. The molecule has 11 heteroatoms. The Labute approximate surface area is 245 Å². The van der Waals surface area contributed by atoms with Crippen molar-refractivity contribution in [3.8, 4) is 5.75 Å². The van der Waals surface area contributed by atoms with Crippen molar-refractivity contribution in [3.63, 3.8) is 0 Å². The van der Waals surface area contributed by atoms with Gasteiger partial charge in [0, 0.05) is 17.6 Å². The molecule has 1 N–H and O–H groups in total. The van der Waals surface area contributed by atoms with Gasteiger partial charge in [0.15, 0.2) is 0 Å².